The summed E-state index contributed by atoms with van der Waals surface area (Å²) in [5, 5.41) is 0. The Morgan fingerprint density at radius 2 is 1.65 bits per heavy atom. The molecule has 7 heteroatoms. The number of carbonyl (C=O) groups excluding carboxylic acids is 1. The second-order valence-corrected chi connectivity index (χ2v) is 7.01. The number of rotatable bonds is 5. The van der Waals surface area contributed by atoms with Crippen molar-refractivity contribution in [2.45, 2.75) is 39.8 Å². The third kappa shape index (κ3) is 6.31. The van der Waals surface area contributed by atoms with Crippen LogP contribution in [0.2, 0.25) is 0 Å². The van der Waals surface area contributed by atoms with Crippen molar-refractivity contribution < 1.29 is 9.53 Å². The number of hydrogen-bond donors (Lipinski definition) is 2. The van der Waals surface area contributed by atoms with Crippen LogP contribution in [-0.2, 0) is 0 Å². The van der Waals surface area contributed by atoms with E-state index in [2.05, 4.69) is 56.0 Å². The second kappa shape index (κ2) is 9.26. The minimum atomic E-state index is -0.138. The maximum Gasteiger partial charge on any atom is 0.265 e. The lowest BCUT2D eigenvalue weighted by Crippen LogP contribution is -2.41. The molecule has 0 aromatic heterocycles. The van der Waals surface area contributed by atoms with Gasteiger partial charge in [0, 0.05) is 11.6 Å². The first-order chi connectivity index (χ1) is 8.81. The van der Waals surface area contributed by atoms with E-state index in [-0.39, 0.29) is 30.5 Å². The van der Waals surface area contributed by atoms with Crippen LogP contribution >= 0.6 is 57.6 Å². The Morgan fingerprint density at radius 3 is 2.05 bits per heavy atom. The van der Waals surface area contributed by atoms with E-state index in [1.807, 2.05) is 39.8 Å². The van der Waals surface area contributed by atoms with Crippen molar-refractivity contribution in [1.82, 2.24) is 10.9 Å². The van der Waals surface area contributed by atoms with E-state index < -0.39 is 0 Å². The van der Waals surface area contributed by atoms with Crippen LogP contribution in [0.1, 0.15) is 38.1 Å². The molecule has 0 bridgehead atoms. The average Bonchev–Trinajstić information content (AvgIpc) is 2.30. The molecule has 0 unspecified atom stereocenters. The third-order valence-electron chi connectivity index (χ3n) is 2.09. The van der Waals surface area contributed by atoms with E-state index in [0.717, 1.165) is 12.9 Å². The van der Waals surface area contributed by atoms with Crippen LogP contribution in [0.15, 0.2) is 12.1 Å². The Balaban J connectivity index is 0.00000361. The fourth-order valence-electron chi connectivity index (χ4n) is 1.32. The molecule has 0 aliphatic rings. The number of carbonyl (C=O) groups is 1. The molecule has 0 aliphatic heterocycles. The lowest BCUT2D eigenvalue weighted by Gasteiger charge is -2.15. The molecule has 0 radical (unpaired) electrons. The molecule has 0 atom stereocenters. The highest BCUT2D eigenvalue weighted by Crippen LogP contribution is 2.29. The summed E-state index contributed by atoms with van der Waals surface area (Å²) in [5.41, 5.74) is 6.19. The van der Waals surface area contributed by atoms with Crippen LogP contribution in [0, 0.1) is 7.14 Å². The van der Waals surface area contributed by atoms with Crippen molar-refractivity contribution in [3.8, 4) is 5.75 Å². The normalized spacial score (nSPS) is 10.4. The zero-order valence-electron chi connectivity index (χ0n) is 11.8. The number of amides is 1. The largest absolute Gasteiger partial charge is 0.489 e. The van der Waals surface area contributed by atoms with Crippen LogP contribution in [0.5, 0.6) is 5.75 Å². The van der Waals surface area contributed by atoms with Gasteiger partial charge in [0.05, 0.1) is 13.2 Å². The molecular weight excluding hydrogens is 505 g/mol. The van der Waals surface area contributed by atoms with Crippen molar-refractivity contribution in [3.05, 3.63) is 24.8 Å². The minimum Gasteiger partial charge on any atom is -0.489 e. The first kappa shape index (κ1) is 20.2. The van der Waals surface area contributed by atoms with Crippen LogP contribution in [0.3, 0.4) is 0 Å². The van der Waals surface area contributed by atoms with Gasteiger partial charge >= 0.3 is 0 Å². The van der Waals surface area contributed by atoms with Crippen molar-refractivity contribution in [2.24, 2.45) is 0 Å². The SMILES string of the molecule is CC(C)NNC(=O)c1cc(I)c(OC(C)C)c(I)c1.Cl. The number of nitrogens with one attached hydrogen (secondary N) is 2. The Bertz CT molecular complexity index is 445. The van der Waals surface area contributed by atoms with Crippen LogP contribution in [0.25, 0.3) is 0 Å². The molecule has 4 nitrogen and oxygen atoms in total. The summed E-state index contributed by atoms with van der Waals surface area (Å²) < 4.78 is 7.62. The molecule has 0 saturated carbocycles. The number of benzene rings is 1. The molecule has 1 amide bonds. The number of halogens is 3. The van der Waals surface area contributed by atoms with Gasteiger partial charge in [-0.1, -0.05) is 0 Å². The first-order valence-electron chi connectivity index (χ1n) is 6.02. The molecule has 0 aliphatic carbocycles. The topological polar surface area (TPSA) is 50.4 Å². The second-order valence-electron chi connectivity index (χ2n) is 4.69. The maximum absolute atomic E-state index is 12.0. The zero-order chi connectivity index (χ0) is 14.6. The predicted molar refractivity (Wildman–Crippen MR) is 101 cm³/mol. The highest BCUT2D eigenvalue weighted by Gasteiger charge is 2.14. The predicted octanol–water partition coefficient (Wildman–Crippen LogP) is 3.75. The van der Waals surface area contributed by atoms with Gasteiger partial charge in [0.2, 0.25) is 0 Å². The molecular formula is C13H19ClI2N2O2. The molecule has 1 aromatic rings. The monoisotopic (exact) mass is 524 g/mol. The van der Waals surface area contributed by atoms with E-state index in [1.165, 1.54) is 0 Å². The fourth-order valence-corrected chi connectivity index (χ4v) is 3.34. The summed E-state index contributed by atoms with van der Waals surface area (Å²) in [6, 6.07) is 3.86. The number of ether oxygens (including phenoxy) is 1. The smallest absolute Gasteiger partial charge is 0.265 e. The summed E-state index contributed by atoms with van der Waals surface area (Å²) in [7, 11) is 0. The van der Waals surface area contributed by atoms with Gasteiger partial charge in [-0.3, -0.25) is 10.2 Å². The fraction of sp³-hybridized carbons (Fsp3) is 0.462. The molecule has 0 spiro atoms. The third-order valence-corrected chi connectivity index (χ3v) is 3.69. The summed E-state index contributed by atoms with van der Waals surface area (Å²) in [6.07, 6.45) is 0.115. The summed E-state index contributed by atoms with van der Waals surface area (Å²) in [4.78, 5) is 12.0. The Labute approximate surface area is 153 Å². The summed E-state index contributed by atoms with van der Waals surface area (Å²) >= 11 is 4.38. The highest BCUT2D eigenvalue weighted by molar-refractivity contribution is 14.1. The van der Waals surface area contributed by atoms with Crippen molar-refractivity contribution in [1.29, 1.82) is 0 Å². The maximum atomic E-state index is 12.0. The number of hydrogen-bond acceptors (Lipinski definition) is 3. The summed E-state index contributed by atoms with van der Waals surface area (Å²) in [5.74, 6) is 0.699. The molecule has 2 N–H and O–H groups in total. The van der Waals surface area contributed by atoms with Crippen LogP contribution < -0.4 is 15.6 Å². The standard InChI is InChI=1S/C13H18I2N2O2.ClH/c1-7(2)16-17-13(18)9-5-10(14)12(11(15)6-9)19-8(3)4;/h5-8,16H,1-4H3,(H,17,18);1H. The van der Waals surface area contributed by atoms with Crippen LogP contribution in [-0.4, -0.2) is 18.1 Å². The Morgan fingerprint density at radius 1 is 1.15 bits per heavy atom. The van der Waals surface area contributed by atoms with Gasteiger partial charge in [-0.15, -0.1) is 12.4 Å². The molecule has 0 fully saturated rings. The quantitative estimate of drug-likeness (QED) is 0.456. The lowest BCUT2D eigenvalue weighted by atomic mass is 10.2. The van der Waals surface area contributed by atoms with E-state index in [4.69, 9.17) is 4.74 Å². The van der Waals surface area contributed by atoms with Gasteiger partial charge < -0.3 is 4.74 Å². The molecule has 0 saturated heterocycles. The van der Waals surface area contributed by atoms with Gasteiger partial charge in [-0.25, -0.2) is 5.43 Å². The highest BCUT2D eigenvalue weighted by atomic mass is 127. The van der Waals surface area contributed by atoms with Crippen molar-refractivity contribution in [3.63, 3.8) is 0 Å². The van der Waals surface area contributed by atoms with Gasteiger partial charge in [-0.05, 0) is 85.0 Å². The van der Waals surface area contributed by atoms with Crippen molar-refractivity contribution in [2.75, 3.05) is 0 Å². The molecule has 1 rings (SSSR count). The van der Waals surface area contributed by atoms with Crippen LogP contribution in [0.4, 0.5) is 0 Å². The molecule has 114 valence electrons. The van der Waals surface area contributed by atoms with Crippen molar-refractivity contribution >= 4 is 63.5 Å². The van der Waals surface area contributed by atoms with E-state index in [9.17, 15) is 4.79 Å². The number of hydrazine groups is 1. The van der Waals surface area contributed by atoms with Gasteiger partial charge in [0.25, 0.3) is 5.91 Å². The molecule has 1 aromatic carbocycles. The molecule has 0 heterocycles. The van der Waals surface area contributed by atoms with Gasteiger partial charge in [0.15, 0.2) is 0 Å². The van der Waals surface area contributed by atoms with E-state index >= 15 is 0 Å². The Hall–Kier alpha value is 0.200. The lowest BCUT2D eigenvalue weighted by molar-refractivity contribution is 0.0927. The van der Waals surface area contributed by atoms with Gasteiger partial charge in [0.1, 0.15) is 5.75 Å². The Kier molecular flexibility index (Phi) is 9.36. The first-order valence-corrected chi connectivity index (χ1v) is 8.18. The summed E-state index contributed by atoms with van der Waals surface area (Å²) in [6.45, 7) is 7.90. The van der Waals surface area contributed by atoms with E-state index in [0.29, 0.717) is 5.56 Å². The molecule has 20 heavy (non-hydrogen) atoms. The minimum absolute atomic E-state index is 0. The van der Waals surface area contributed by atoms with E-state index in [1.54, 1.807) is 0 Å². The zero-order valence-corrected chi connectivity index (χ0v) is 16.9. The average molecular weight is 525 g/mol. The van der Waals surface area contributed by atoms with Gasteiger partial charge in [-0.2, -0.15) is 0 Å².